The average molecular weight is 502 g/mol. The van der Waals surface area contributed by atoms with Gasteiger partial charge in [-0.05, 0) is 29.4 Å². The summed E-state index contributed by atoms with van der Waals surface area (Å²) in [6, 6.07) is 3.62. The Labute approximate surface area is 211 Å². The molecule has 0 bridgehead atoms. The number of carbonyl (C=O) groups excluding carboxylic acids is 3. The van der Waals surface area contributed by atoms with Crippen LogP contribution in [0.25, 0.3) is 10.9 Å². The van der Waals surface area contributed by atoms with E-state index in [1.807, 2.05) is 38.1 Å². The van der Waals surface area contributed by atoms with Crippen molar-refractivity contribution in [2.75, 3.05) is 0 Å². The van der Waals surface area contributed by atoms with E-state index in [-0.39, 0.29) is 24.2 Å². The molecule has 36 heavy (non-hydrogen) atoms. The number of nitrogens with one attached hydrogen (secondary N) is 4. The summed E-state index contributed by atoms with van der Waals surface area (Å²) < 4.78 is 0. The number of hydrogen-bond acceptors (Lipinski definition) is 5. The van der Waals surface area contributed by atoms with Crippen LogP contribution in [0, 0.1) is 17.8 Å². The molecule has 0 aliphatic heterocycles. The number of benzene rings is 1. The number of H-pyrrole nitrogens is 1. The summed E-state index contributed by atoms with van der Waals surface area (Å²) in [5.41, 5.74) is 7.54. The molecule has 1 aromatic carbocycles. The van der Waals surface area contributed by atoms with Crippen LogP contribution in [0.15, 0.2) is 30.5 Å². The summed E-state index contributed by atoms with van der Waals surface area (Å²) in [5, 5.41) is 18.6. The van der Waals surface area contributed by atoms with Crippen LogP contribution < -0.4 is 21.7 Å². The SMILES string of the molecule is CC(C)C(N)C(=O)NC(C(=O)NC(C(=O)NC(Cc1c[nH]c2ccccc12)C(=O)O)C(C)C)C(C)C. The Balaban J connectivity index is 2.15. The van der Waals surface area contributed by atoms with Crippen LogP contribution in [0.1, 0.15) is 47.1 Å². The molecule has 198 valence electrons. The fourth-order valence-electron chi connectivity index (χ4n) is 3.85. The van der Waals surface area contributed by atoms with E-state index in [1.165, 1.54) is 0 Å². The highest BCUT2D eigenvalue weighted by atomic mass is 16.4. The van der Waals surface area contributed by atoms with E-state index in [0.29, 0.717) is 0 Å². The zero-order valence-corrected chi connectivity index (χ0v) is 21.8. The van der Waals surface area contributed by atoms with Crippen molar-refractivity contribution < 1.29 is 24.3 Å². The standard InChI is InChI=1S/C26H39N5O5/c1-13(2)20(27)23(32)30-22(15(5)6)25(34)31-21(14(3)4)24(33)29-19(26(35)36)11-16-12-28-18-10-8-7-9-17(16)18/h7-10,12-15,19-22,28H,11,27H2,1-6H3,(H,29,33)(H,30,32)(H,31,34)(H,35,36). The Kier molecular flexibility index (Phi) is 10.0. The van der Waals surface area contributed by atoms with Crippen LogP contribution in [0.3, 0.4) is 0 Å². The van der Waals surface area contributed by atoms with Crippen LogP contribution in [0.2, 0.25) is 0 Å². The third-order valence-corrected chi connectivity index (χ3v) is 6.23. The van der Waals surface area contributed by atoms with Crippen molar-refractivity contribution in [3.05, 3.63) is 36.0 Å². The number of fused-ring (bicyclic) bond motifs is 1. The summed E-state index contributed by atoms with van der Waals surface area (Å²) in [4.78, 5) is 53.8. The van der Waals surface area contributed by atoms with Crippen molar-refractivity contribution >= 4 is 34.6 Å². The van der Waals surface area contributed by atoms with Gasteiger partial charge in [0.2, 0.25) is 17.7 Å². The number of carbonyl (C=O) groups is 4. The predicted octanol–water partition coefficient (Wildman–Crippen LogP) is 1.54. The van der Waals surface area contributed by atoms with Gasteiger partial charge >= 0.3 is 5.97 Å². The Hall–Kier alpha value is -3.40. The third kappa shape index (κ3) is 7.30. The molecular formula is C26H39N5O5. The van der Waals surface area contributed by atoms with Gasteiger partial charge in [-0.15, -0.1) is 0 Å². The first-order valence-electron chi connectivity index (χ1n) is 12.3. The van der Waals surface area contributed by atoms with Crippen LogP contribution >= 0.6 is 0 Å². The molecule has 10 nitrogen and oxygen atoms in total. The van der Waals surface area contributed by atoms with Gasteiger partial charge in [-0.2, -0.15) is 0 Å². The van der Waals surface area contributed by atoms with Gasteiger partial charge < -0.3 is 31.8 Å². The number of rotatable bonds is 12. The Morgan fingerprint density at radius 1 is 0.833 bits per heavy atom. The van der Waals surface area contributed by atoms with Crippen molar-refractivity contribution in [3.8, 4) is 0 Å². The normalized spacial score (nSPS) is 14.9. The maximum absolute atomic E-state index is 13.1. The number of para-hydroxylation sites is 1. The number of aliphatic carboxylic acids is 1. The highest BCUT2D eigenvalue weighted by Gasteiger charge is 2.33. The molecule has 0 saturated heterocycles. The first-order valence-corrected chi connectivity index (χ1v) is 12.3. The van der Waals surface area contributed by atoms with E-state index < -0.39 is 47.9 Å². The molecule has 0 fully saturated rings. The molecule has 7 N–H and O–H groups in total. The maximum Gasteiger partial charge on any atom is 0.326 e. The topological polar surface area (TPSA) is 166 Å². The first kappa shape index (κ1) is 28.8. The van der Waals surface area contributed by atoms with Crippen molar-refractivity contribution in [1.29, 1.82) is 0 Å². The van der Waals surface area contributed by atoms with Crippen LogP contribution in [0.4, 0.5) is 0 Å². The summed E-state index contributed by atoms with van der Waals surface area (Å²) in [7, 11) is 0. The van der Waals surface area contributed by atoms with Crippen molar-refractivity contribution in [1.82, 2.24) is 20.9 Å². The van der Waals surface area contributed by atoms with E-state index in [0.717, 1.165) is 16.5 Å². The lowest BCUT2D eigenvalue weighted by atomic mass is 9.98. The van der Waals surface area contributed by atoms with Crippen molar-refractivity contribution in [2.24, 2.45) is 23.5 Å². The molecule has 0 aliphatic carbocycles. The number of hydrogen-bond donors (Lipinski definition) is 6. The minimum atomic E-state index is -1.19. The van der Waals surface area contributed by atoms with E-state index >= 15 is 0 Å². The third-order valence-electron chi connectivity index (χ3n) is 6.23. The van der Waals surface area contributed by atoms with Gasteiger partial charge in [0.1, 0.15) is 18.1 Å². The molecule has 10 heteroatoms. The molecule has 0 aliphatic rings. The zero-order valence-electron chi connectivity index (χ0n) is 21.8. The van der Waals surface area contributed by atoms with E-state index in [1.54, 1.807) is 33.9 Å². The average Bonchev–Trinajstić information content (AvgIpc) is 3.21. The van der Waals surface area contributed by atoms with Gasteiger partial charge in [-0.1, -0.05) is 59.7 Å². The number of carboxylic acids is 1. The lowest BCUT2D eigenvalue weighted by Crippen LogP contribution is -2.60. The molecule has 1 heterocycles. The smallest absolute Gasteiger partial charge is 0.326 e. The first-order chi connectivity index (χ1) is 16.8. The monoisotopic (exact) mass is 501 g/mol. The quantitative estimate of drug-likeness (QED) is 0.258. The van der Waals surface area contributed by atoms with Crippen LogP contribution in [-0.2, 0) is 25.6 Å². The van der Waals surface area contributed by atoms with E-state index in [4.69, 9.17) is 5.73 Å². The second kappa shape index (κ2) is 12.5. The zero-order chi connectivity index (χ0) is 27.2. The molecule has 0 spiro atoms. The minimum Gasteiger partial charge on any atom is -0.480 e. The van der Waals surface area contributed by atoms with E-state index in [9.17, 15) is 24.3 Å². The van der Waals surface area contributed by atoms with E-state index in [2.05, 4.69) is 20.9 Å². The predicted molar refractivity (Wildman–Crippen MR) is 138 cm³/mol. The van der Waals surface area contributed by atoms with Crippen molar-refractivity contribution in [2.45, 2.75) is 72.1 Å². The summed E-state index contributed by atoms with van der Waals surface area (Å²) in [5.74, 6) is -3.49. The molecule has 0 radical (unpaired) electrons. The van der Waals surface area contributed by atoms with Gasteiger partial charge in [-0.3, -0.25) is 14.4 Å². The van der Waals surface area contributed by atoms with Gasteiger partial charge in [0.25, 0.3) is 0 Å². The summed E-state index contributed by atoms with van der Waals surface area (Å²) in [6.45, 7) is 10.7. The molecule has 3 amide bonds. The Bertz CT molecular complexity index is 1080. The molecule has 2 rings (SSSR count). The number of aromatic nitrogens is 1. The number of nitrogens with two attached hydrogens (primary N) is 1. The number of amides is 3. The summed E-state index contributed by atoms with van der Waals surface area (Å²) >= 11 is 0. The molecule has 4 atom stereocenters. The van der Waals surface area contributed by atoms with Crippen molar-refractivity contribution in [3.63, 3.8) is 0 Å². The highest BCUT2D eigenvalue weighted by molar-refractivity contribution is 5.94. The largest absolute Gasteiger partial charge is 0.480 e. The second-order valence-electron chi connectivity index (χ2n) is 10.2. The fourth-order valence-corrected chi connectivity index (χ4v) is 3.85. The second-order valence-corrected chi connectivity index (χ2v) is 10.2. The molecule has 2 aromatic rings. The number of aromatic amines is 1. The van der Waals surface area contributed by atoms with Gasteiger partial charge in [0, 0.05) is 23.5 Å². The molecular weight excluding hydrogens is 462 g/mol. The lowest BCUT2D eigenvalue weighted by molar-refractivity contribution is -0.142. The fraction of sp³-hybridized carbons (Fsp3) is 0.538. The minimum absolute atomic E-state index is 0.0710. The Morgan fingerprint density at radius 3 is 1.89 bits per heavy atom. The van der Waals surface area contributed by atoms with Gasteiger partial charge in [0.05, 0.1) is 6.04 Å². The van der Waals surface area contributed by atoms with Crippen LogP contribution in [0.5, 0.6) is 0 Å². The number of carboxylic acid groups (broad SMARTS) is 1. The highest BCUT2D eigenvalue weighted by Crippen LogP contribution is 2.19. The lowest BCUT2D eigenvalue weighted by Gasteiger charge is -2.29. The molecule has 4 unspecified atom stereocenters. The molecule has 0 saturated carbocycles. The Morgan fingerprint density at radius 2 is 1.36 bits per heavy atom. The van der Waals surface area contributed by atoms with Crippen LogP contribution in [-0.4, -0.2) is 57.9 Å². The van der Waals surface area contributed by atoms with Gasteiger partial charge in [0.15, 0.2) is 0 Å². The van der Waals surface area contributed by atoms with Gasteiger partial charge in [-0.25, -0.2) is 4.79 Å². The summed E-state index contributed by atoms with van der Waals surface area (Å²) in [6.07, 6.45) is 1.80. The molecule has 1 aromatic heterocycles. The maximum atomic E-state index is 13.1.